The highest BCUT2D eigenvalue weighted by atomic mass is 16.5. The number of morpholine rings is 1. The molecule has 1 aromatic heterocycles. The number of hydrogen-bond acceptors (Lipinski definition) is 4. The molecule has 3 rings (SSSR count). The normalized spacial score (nSPS) is 18.4. The Kier molecular flexibility index (Phi) is 3.72. The van der Waals surface area contributed by atoms with Crippen LogP contribution in [0.1, 0.15) is 17.3 Å². The van der Waals surface area contributed by atoms with Gasteiger partial charge in [0.25, 0.3) is 0 Å². The Labute approximate surface area is 127 Å². The third-order valence-corrected chi connectivity index (χ3v) is 3.89. The molecule has 3 N–H and O–H groups in total. The first kappa shape index (κ1) is 14.4. The molecule has 1 unspecified atom stereocenters. The Morgan fingerprint density at radius 1 is 1.41 bits per heavy atom. The van der Waals surface area contributed by atoms with Crippen LogP contribution in [0.15, 0.2) is 30.3 Å². The quantitative estimate of drug-likeness (QED) is 0.882. The van der Waals surface area contributed by atoms with Gasteiger partial charge in [-0.05, 0) is 19.1 Å². The Morgan fingerprint density at radius 2 is 2.14 bits per heavy atom. The molecule has 7 heteroatoms. The van der Waals surface area contributed by atoms with Crippen LogP contribution in [-0.2, 0) is 4.74 Å². The molecule has 7 nitrogen and oxygen atoms in total. The number of ether oxygens (including phenoxy) is 1. The molecule has 1 saturated heterocycles. The van der Waals surface area contributed by atoms with Gasteiger partial charge in [-0.25, -0.2) is 9.48 Å². The van der Waals surface area contributed by atoms with Gasteiger partial charge in [-0.3, -0.25) is 4.90 Å². The van der Waals surface area contributed by atoms with Gasteiger partial charge in [-0.1, -0.05) is 18.2 Å². The molecule has 1 aromatic carbocycles. The molecule has 0 radical (unpaired) electrons. The number of carboxylic acid groups (broad SMARTS) is 1. The fourth-order valence-electron chi connectivity index (χ4n) is 2.67. The van der Waals surface area contributed by atoms with E-state index in [9.17, 15) is 9.90 Å². The Bertz CT molecular complexity index is 684. The lowest BCUT2D eigenvalue weighted by Crippen LogP contribution is -2.43. The van der Waals surface area contributed by atoms with Crippen molar-refractivity contribution in [2.75, 3.05) is 25.5 Å². The molecule has 116 valence electrons. The largest absolute Gasteiger partial charge is 0.465 e. The number of carbonyl (C=O) groups is 1. The number of hydrogen-bond donors (Lipinski definition) is 2. The summed E-state index contributed by atoms with van der Waals surface area (Å²) in [5.74, 6) is 0.511. The predicted octanol–water partition coefficient (Wildman–Crippen LogP) is 1.81. The van der Waals surface area contributed by atoms with Crippen molar-refractivity contribution in [2.45, 2.75) is 13.0 Å². The summed E-state index contributed by atoms with van der Waals surface area (Å²) in [5, 5.41) is 13.9. The lowest BCUT2D eigenvalue weighted by molar-refractivity contribution is -0.00256. The molecule has 2 aromatic rings. The maximum atomic E-state index is 11.4. The van der Waals surface area contributed by atoms with Crippen molar-refractivity contribution in [3.8, 4) is 5.69 Å². The van der Waals surface area contributed by atoms with Crippen LogP contribution in [0.5, 0.6) is 0 Å². The maximum absolute atomic E-state index is 11.4. The average molecular weight is 302 g/mol. The number of nitrogens with zero attached hydrogens (tertiary/aromatic N) is 3. The lowest BCUT2D eigenvalue weighted by atomic mass is 10.1. The minimum absolute atomic E-state index is 0.290. The summed E-state index contributed by atoms with van der Waals surface area (Å²) in [7, 11) is 0. The van der Waals surface area contributed by atoms with Crippen LogP contribution in [0.3, 0.4) is 0 Å². The average Bonchev–Trinajstić information content (AvgIpc) is 2.84. The van der Waals surface area contributed by atoms with Crippen molar-refractivity contribution in [3.63, 3.8) is 0 Å². The van der Waals surface area contributed by atoms with E-state index >= 15 is 0 Å². The smallest absolute Gasteiger partial charge is 0.408 e. The molecule has 1 atom stereocenters. The van der Waals surface area contributed by atoms with E-state index in [0.29, 0.717) is 31.3 Å². The first-order valence-corrected chi connectivity index (χ1v) is 7.07. The summed E-state index contributed by atoms with van der Waals surface area (Å²) < 4.78 is 7.07. The molecular formula is C15H18N4O3. The summed E-state index contributed by atoms with van der Waals surface area (Å²) in [6.45, 7) is 2.87. The van der Waals surface area contributed by atoms with Gasteiger partial charge in [0.05, 0.1) is 24.6 Å². The zero-order valence-electron chi connectivity index (χ0n) is 12.3. The molecule has 0 bridgehead atoms. The molecule has 1 fully saturated rings. The van der Waals surface area contributed by atoms with Crippen molar-refractivity contribution >= 4 is 11.9 Å². The summed E-state index contributed by atoms with van der Waals surface area (Å²) in [4.78, 5) is 12.8. The minimum atomic E-state index is -0.972. The topological polar surface area (TPSA) is 93.6 Å². The number of amides is 1. The highest BCUT2D eigenvalue weighted by Gasteiger charge is 2.32. The van der Waals surface area contributed by atoms with Crippen molar-refractivity contribution < 1.29 is 14.6 Å². The SMILES string of the molecule is Cc1c(C2COCCN2C(=O)O)nn(-c2ccccc2)c1N. The molecule has 2 heterocycles. The van der Waals surface area contributed by atoms with Gasteiger partial charge in [0, 0.05) is 12.1 Å². The highest BCUT2D eigenvalue weighted by molar-refractivity contribution is 5.66. The van der Waals surface area contributed by atoms with Crippen LogP contribution in [0.4, 0.5) is 10.6 Å². The van der Waals surface area contributed by atoms with E-state index in [1.807, 2.05) is 37.3 Å². The van der Waals surface area contributed by atoms with Crippen LogP contribution in [0.2, 0.25) is 0 Å². The van der Waals surface area contributed by atoms with Crippen molar-refractivity contribution in [3.05, 3.63) is 41.6 Å². The summed E-state index contributed by atoms with van der Waals surface area (Å²) in [6.07, 6.45) is -0.972. The van der Waals surface area contributed by atoms with Gasteiger partial charge in [0.1, 0.15) is 11.9 Å². The summed E-state index contributed by atoms with van der Waals surface area (Å²) in [5.41, 5.74) is 8.42. The Morgan fingerprint density at radius 3 is 2.82 bits per heavy atom. The maximum Gasteiger partial charge on any atom is 0.408 e. The number of nitrogen functional groups attached to an aromatic ring is 1. The third-order valence-electron chi connectivity index (χ3n) is 3.89. The van der Waals surface area contributed by atoms with Crippen molar-refractivity contribution in [1.29, 1.82) is 0 Å². The van der Waals surface area contributed by atoms with E-state index in [-0.39, 0.29) is 0 Å². The van der Waals surface area contributed by atoms with Crippen LogP contribution >= 0.6 is 0 Å². The summed E-state index contributed by atoms with van der Waals surface area (Å²) in [6, 6.07) is 9.09. The van der Waals surface area contributed by atoms with Crippen molar-refractivity contribution in [2.24, 2.45) is 0 Å². The van der Waals surface area contributed by atoms with E-state index < -0.39 is 12.1 Å². The fraction of sp³-hybridized carbons (Fsp3) is 0.333. The summed E-state index contributed by atoms with van der Waals surface area (Å²) >= 11 is 0. The second kappa shape index (κ2) is 5.69. The number of rotatable bonds is 2. The van der Waals surface area contributed by atoms with Gasteiger partial charge in [-0.2, -0.15) is 5.10 Å². The van der Waals surface area contributed by atoms with E-state index in [4.69, 9.17) is 10.5 Å². The second-order valence-corrected chi connectivity index (χ2v) is 5.21. The monoisotopic (exact) mass is 302 g/mol. The van der Waals surface area contributed by atoms with Gasteiger partial charge < -0.3 is 15.6 Å². The number of benzene rings is 1. The van der Waals surface area contributed by atoms with Gasteiger partial charge in [0.15, 0.2) is 0 Å². The van der Waals surface area contributed by atoms with Gasteiger partial charge >= 0.3 is 6.09 Å². The molecule has 1 aliphatic heterocycles. The van der Waals surface area contributed by atoms with E-state index in [1.54, 1.807) is 4.68 Å². The molecule has 1 amide bonds. The van der Waals surface area contributed by atoms with E-state index in [1.165, 1.54) is 4.90 Å². The van der Waals surface area contributed by atoms with Crippen LogP contribution in [0.25, 0.3) is 5.69 Å². The molecule has 0 aliphatic carbocycles. The second-order valence-electron chi connectivity index (χ2n) is 5.21. The number of aromatic nitrogens is 2. The number of nitrogens with two attached hydrogens (primary N) is 1. The minimum Gasteiger partial charge on any atom is -0.465 e. The van der Waals surface area contributed by atoms with Gasteiger partial charge in [-0.15, -0.1) is 0 Å². The Hall–Kier alpha value is -2.54. The Balaban J connectivity index is 2.03. The standard InChI is InChI=1S/C15H18N4O3/c1-10-13(12-9-22-8-7-18(12)15(20)21)17-19(14(10)16)11-5-3-2-4-6-11/h2-6,12H,7-9,16H2,1H3,(H,20,21). The number of para-hydroxylation sites is 1. The molecule has 1 aliphatic rings. The molecule has 22 heavy (non-hydrogen) atoms. The first-order valence-electron chi connectivity index (χ1n) is 7.07. The molecule has 0 saturated carbocycles. The first-order chi connectivity index (χ1) is 10.6. The highest BCUT2D eigenvalue weighted by Crippen LogP contribution is 2.30. The van der Waals surface area contributed by atoms with Crippen LogP contribution < -0.4 is 5.73 Å². The predicted molar refractivity (Wildman–Crippen MR) is 81.0 cm³/mol. The van der Waals surface area contributed by atoms with E-state index in [0.717, 1.165) is 11.3 Å². The zero-order valence-corrected chi connectivity index (χ0v) is 12.3. The fourth-order valence-corrected chi connectivity index (χ4v) is 2.67. The molecular weight excluding hydrogens is 284 g/mol. The van der Waals surface area contributed by atoms with Crippen molar-refractivity contribution in [1.82, 2.24) is 14.7 Å². The van der Waals surface area contributed by atoms with E-state index in [2.05, 4.69) is 5.10 Å². The van der Waals surface area contributed by atoms with Crippen LogP contribution in [0, 0.1) is 6.92 Å². The molecule has 0 spiro atoms. The number of anilines is 1. The third kappa shape index (κ3) is 2.39. The van der Waals surface area contributed by atoms with Crippen LogP contribution in [-0.4, -0.2) is 45.6 Å². The zero-order chi connectivity index (χ0) is 15.7. The van der Waals surface area contributed by atoms with Gasteiger partial charge in [0.2, 0.25) is 0 Å². The lowest BCUT2D eigenvalue weighted by Gasteiger charge is -2.32.